The third-order valence-corrected chi connectivity index (χ3v) is 2.86. The zero-order chi connectivity index (χ0) is 12.3. The molecular weight excluding hydrogens is 217 g/mol. The van der Waals surface area contributed by atoms with Gasteiger partial charge in [-0.15, -0.1) is 0 Å². The molecule has 2 aromatic rings. The Bertz CT molecular complexity index is 493. The predicted octanol–water partition coefficient (Wildman–Crippen LogP) is 2.35. The molecule has 90 valence electrons. The fourth-order valence-electron chi connectivity index (χ4n) is 1.85. The molecular formula is C13H16FN3. The normalized spacial score (nSPS) is 12.6. The molecule has 0 aliphatic rings. The zero-order valence-electron chi connectivity index (χ0n) is 10.0. The van der Waals surface area contributed by atoms with Gasteiger partial charge in [0.15, 0.2) is 0 Å². The lowest BCUT2D eigenvalue weighted by atomic mass is 10.2. The van der Waals surface area contributed by atoms with Crippen molar-refractivity contribution in [1.29, 1.82) is 0 Å². The van der Waals surface area contributed by atoms with Crippen LogP contribution in [-0.2, 0) is 6.54 Å². The zero-order valence-corrected chi connectivity index (χ0v) is 10.0. The van der Waals surface area contributed by atoms with Crippen LogP contribution in [0.25, 0.3) is 0 Å². The van der Waals surface area contributed by atoms with Gasteiger partial charge in [0.25, 0.3) is 0 Å². The van der Waals surface area contributed by atoms with Crippen molar-refractivity contribution in [2.45, 2.75) is 19.5 Å². The maximum Gasteiger partial charge on any atom is 0.141 e. The van der Waals surface area contributed by atoms with Gasteiger partial charge in [-0.25, -0.2) is 4.39 Å². The van der Waals surface area contributed by atoms with E-state index >= 15 is 0 Å². The molecule has 2 heterocycles. The first-order chi connectivity index (χ1) is 8.20. The van der Waals surface area contributed by atoms with E-state index in [1.165, 1.54) is 18.0 Å². The highest BCUT2D eigenvalue weighted by atomic mass is 19.1. The second kappa shape index (κ2) is 5.10. The molecule has 1 N–H and O–H groups in total. The van der Waals surface area contributed by atoms with Gasteiger partial charge in [-0.3, -0.25) is 4.98 Å². The minimum atomic E-state index is -0.294. The summed E-state index contributed by atoms with van der Waals surface area (Å²) in [6.07, 6.45) is 4.90. The Kier molecular flexibility index (Phi) is 3.54. The van der Waals surface area contributed by atoms with E-state index < -0.39 is 0 Å². The third-order valence-electron chi connectivity index (χ3n) is 2.86. The molecule has 0 fully saturated rings. The standard InChI is InChI=1S/C13H16FN3/c1-10(15-2)13-4-3-5-17(13)9-11-6-12(14)8-16-7-11/h3-8,10,15H,9H2,1-2H3. The van der Waals surface area contributed by atoms with Crippen LogP contribution in [0.4, 0.5) is 4.39 Å². The lowest BCUT2D eigenvalue weighted by Crippen LogP contribution is -2.17. The van der Waals surface area contributed by atoms with E-state index in [0.29, 0.717) is 6.54 Å². The van der Waals surface area contributed by atoms with Gasteiger partial charge >= 0.3 is 0 Å². The number of pyridine rings is 1. The average Bonchev–Trinajstić information content (AvgIpc) is 2.76. The molecule has 1 unspecified atom stereocenters. The van der Waals surface area contributed by atoms with Gasteiger partial charge in [0.05, 0.1) is 6.20 Å². The van der Waals surface area contributed by atoms with Gasteiger partial charge in [0, 0.05) is 30.7 Å². The van der Waals surface area contributed by atoms with Crippen LogP contribution >= 0.6 is 0 Å². The van der Waals surface area contributed by atoms with E-state index in [-0.39, 0.29) is 11.9 Å². The summed E-state index contributed by atoms with van der Waals surface area (Å²) in [4.78, 5) is 3.86. The number of halogens is 1. The van der Waals surface area contributed by atoms with Crippen LogP contribution in [0.1, 0.15) is 24.2 Å². The van der Waals surface area contributed by atoms with Crippen molar-refractivity contribution in [3.63, 3.8) is 0 Å². The number of hydrogen-bond donors (Lipinski definition) is 1. The van der Waals surface area contributed by atoms with Gasteiger partial charge in [-0.1, -0.05) is 0 Å². The van der Waals surface area contributed by atoms with Crippen molar-refractivity contribution in [1.82, 2.24) is 14.9 Å². The fourth-order valence-corrected chi connectivity index (χ4v) is 1.85. The maximum atomic E-state index is 13.0. The smallest absolute Gasteiger partial charge is 0.141 e. The summed E-state index contributed by atoms with van der Waals surface area (Å²) in [7, 11) is 1.92. The molecule has 0 aromatic carbocycles. The van der Waals surface area contributed by atoms with Crippen molar-refractivity contribution in [3.05, 3.63) is 53.9 Å². The van der Waals surface area contributed by atoms with E-state index in [0.717, 1.165) is 5.56 Å². The second-order valence-electron chi connectivity index (χ2n) is 4.08. The Morgan fingerprint density at radius 1 is 1.47 bits per heavy atom. The van der Waals surface area contributed by atoms with E-state index in [4.69, 9.17) is 0 Å². The number of nitrogens with one attached hydrogen (secondary N) is 1. The Labute approximate surface area is 100 Å². The molecule has 0 radical (unpaired) electrons. The van der Waals surface area contributed by atoms with Crippen LogP contribution in [0.15, 0.2) is 36.8 Å². The first-order valence-electron chi connectivity index (χ1n) is 5.62. The molecule has 0 aliphatic carbocycles. The summed E-state index contributed by atoms with van der Waals surface area (Å²) >= 11 is 0. The lowest BCUT2D eigenvalue weighted by molar-refractivity contribution is 0.584. The van der Waals surface area contributed by atoms with Crippen molar-refractivity contribution in [3.8, 4) is 0 Å². The number of hydrogen-bond acceptors (Lipinski definition) is 2. The highest BCUT2D eigenvalue weighted by Crippen LogP contribution is 2.14. The van der Waals surface area contributed by atoms with Crippen LogP contribution in [-0.4, -0.2) is 16.6 Å². The monoisotopic (exact) mass is 233 g/mol. The highest BCUT2D eigenvalue weighted by Gasteiger charge is 2.08. The van der Waals surface area contributed by atoms with E-state index in [1.54, 1.807) is 6.20 Å². The largest absolute Gasteiger partial charge is 0.346 e. The third kappa shape index (κ3) is 2.71. The maximum absolute atomic E-state index is 13.0. The van der Waals surface area contributed by atoms with Gasteiger partial charge < -0.3 is 9.88 Å². The molecule has 0 saturated carbocycles. The van der Waals surface area contributed by atoms with Crippen LogP contribution in [0.5, 0.6) is 0 Å². The van der Waals surface area contributed by atoms with Crippen LogP contribution in [0.3, 0.4) is 0 Å². The van der Waals surface area contributed by atoms with Crippen LogP contribution in [0, 0.1) is 5.82 Å². The van der Waals surface area contributed by atoms with E-state index in [2.05, 4.69) is 27.9 Å². The summed E-state index contributed by atoms with van der Waals surface area (Å²) < 4.78 is 15.1. The molecule has 3 nitrogen and oxygen atoms in total. The molecule has 0 bridgehead atoms. The molecule has 1 atom stereocenters. The number of nitrogens with zero attached hydrogens (tertiary/aromatic N) is 2. The SMILES string of the molecule is CNC(C)c1cccn1Cc1cncc(F)c1. The summed E-state index contributed by atoms with van der Waals surface area (Å²) in [5, 5.41) is 3.19. The summed E-state index contributed by atoms with van der Waals surface area (Å²) in [5.41, 5.74) is 2.04. The van der Waals surface area contributed by atoms with Crippen LogP contribution < -0.4 is 5.32 Å². The fraction of sp³-hybridized carbons (Fsp3) is 0.308. The average molecular weight is 233 g/mol. The number of rotatable bonds is 4. The Morgan fingerprint density at radius 3 is 3.00 bits per heavy atom. The van der Waals surface area contributed by atoms with Crippen molar-refractivity contribution < 1.29 is 4.39 Å². The van der Waals surface area contributed by atoms with Crippen molar-refractivity contribution in [2.24, 2.45) is 0 Å². The summed E-state index contributed by atoms with van der Waals surface area (Å²) in [6, 6.07) is 5.84. The molecule has 0 amide bonds. The Morgan fingerprint density at radius 2 is 2.29 bits per heavy atom. The minimum Gasteiger partial charge on any atom is -0.346 e. The van der Waals surface area contributed by atoms with Gasteiger partial charge in [-0.05, 0) is 37.7 Å². The summed E-state index contributed by atoms with van der Waals surface area (Å²) in [5.74, 6) is -0.294. The Hall–Kier alpha value is -1.68. The van der Waals surface area contributed by atoms with Gasteiger partial charge in [0.1, 0.15) is 5.82 Å². The van der Waals surface area contributed by atoms with Gasteiger partial charge in [-0.2, -0.15) is 0 Å². The minimum absolute atomic E-state index is 0.270. The molecule has 0 aliphatic heterocycles. The Balaban J connectivity index is 2.22. The quantitative estimate of drug-likeness (QED) is 0.878. The number of aromatic nitrogens is 2. The van der Waals surface area contributed by atoms with Crippen molar-refractivity contribution in [2.75, 3.05) is 7.05 Å². The van der Waals surface area contributed by atoms with Gasteiger partial charge in [0.2, 0.25) is 0 Å². The molecule has 2 rings (SSSR count). The van der Waals surface area contributed by atoms with Crippen molar-refractivity contribution >= 4 is 0 Å². The second-order valence-corrected chi connectivity index (χ2v) is 4.08. The molecule has 2 aromatic heterocycles. The first-order valence-corrected chi connectivity index (χ1v) is 5.62. The van der Waals surface area contributed by atoms with Crippen LogP contribution in [0.2, 0.25) is 0 Å². The highest BCUT2D eigenvalue weighted by molar-refractivity contribution is 5.16. The lowest BCUT2D eigenvalue weighted by Gasteiger charge is -2.14. The summed E-state index contributed by atoms with van der Waals surface area (Å²) in [6.45, 7) is 2.73. The van der Waals surface area contributed by atoms with E-state index in [1.807, 2.05) is 19.3 Å². The molecule has 0 saturated heterocycles. The topological polar surface area (TPSA) is 29.9 Å². The molecule has 17 heavy (non-hydrogen) atoms. The molecule has 4 heteroatoms. The first kappa shape index (κ1) is 11.8. The predicted molar refractivity (Wildman–Crippen MR) is 65.2 cm³/mol. The van der Waals surface area contributed by atoms with E-state index in [9.17, 15) is 4.39 Å². The molecule has 0 spiro atoms.